The van der Waals surface area contributed by atoms with Crippen LogP contribution in [0.2, 0.25) is 0 Å². The van der Waals surface area contributed by atoms with E-state index in [1.54, 1.807) is 24.1 Å². The van der Waals surface area contributed by atoms with E-state index >= 15 is 0 Å². The summed E-state index contributed by atoms with van der Waals surface area (Å²) >= 11 is 0. The van der Waals surface area contributed by atoms with E-state index in [2.05, 4.69) is 25.6 Å². The number of nitrogens with one attached hydrogen (secondary N) is 1. The number of amides is 1. The number of aryl methyl sites for hydroxylation is 1. The third-order valence-electron chi connectivity index (χ3n) is 6.66. The van der Waals surface area contributed by atoms with Crippen molar-refractivity contribution in [1.82, 2.24) is 29.9 Å². The smallest absolute Gasteiger partial charge is 0.302 e. The maximum atomic E-state index is 13.2. The SMILES string of the molecule is Cn1cc(-c2ccc3cnc(NC(=O)C4CCN(CC5(C(F)(F)F)CC5)CC4)nc3c2)nn1. The lowest BCUT2D eigenvalue weighted by atomic mass is 9.94. The molecule has 0 bridgehead atoms. The Bertz CT molecular complexity index is 1180. The highest BCUT2D eigenvalue weighted by molar-refractivity contribution is 5.92. The van der Waals surface area contributed by atoms with E-state index in [4.69, 9.17) is 0 Å². The number of rotatable bonds is 5. The molecule has 1 aromatic carbocycles. The van der Waals surface area contributed by atoms with E-state index in [9.17, 15) is 18.0 Å². The minimum absolute atomic E-state index is 0.0345. The van der Waals surface area contributed by atoms with Gasteiger partial charge in [0.15, 0.2) is 0 Å². The van der Waals surface area contributed by atoms with E-state index in [0.717, 1.165) is 10.9 Å². The van der Waals surface area contributed by atoms with Gasteiger partial charge < -0.3 is 4.90 Å². The van der Waals surface area contributed by atoms with Crippen molar-refractivity contribution in [2.45, 2.75) is 31.9 Å². The van der Waals surface area contributed by atoms with Gasteiger partial charge in [-0.25, -0.2) is 9.97 Å². The predicted molar refractivity (Wildman–Crippen MR) is 115 cm³/mol. The van der Waals surface area contributed by atoms with Crippen LogP contribution in [0.1, 0.15) is 25.7 Å². The molecule has 3 heterocycles. The number of carbonyl (C=O) groups excluding carboxylic acids is 1. The molecule has 0 spiro atoms. The van der Waals surface area contributed by atoms with Crippen molar-refractivity contribution in [3.05, 3.63) is 30.6 Å². The van der Waals surface area contributed by atoms with Gasteiger partial charge in [-0.05, 0) is 44.8 Å². The van der Waals surface area contributed by atoms with Crippen molar-refractivity contribution < 1.29 is 18.0 Å². The van der Waals surface area contributed by atoms with Gasteiger partial charge in [0.25, 0.3) is 0 Å². The first-order valence-corrected chi connectivity index (χ1v) is 11.0. The molecule has 0 atom stereocenters. The molecular formula is C22H24F3N7O. The summed E-state index contributed by atoms with van der Waals surface area (Å²) in [6.45, 7) is 0.999. The molecule has 8 nitrogen and oxygen atoms in total. The van der Waals surface area contributed by atoms with Gasteiger partial charge in [-0.1, -0.05) is 17.3 Å². The highest BCUT2D eigenvalue weighted by Crippen LogP contribution is 2.58. The number of benzene rings is 1. The third-order valence-corrected chi connectivity index (χ3v) is 6.66. The summed E-state index contributed by atoms with van der Waals surface area (Å²) in [5.41, 5.74) is 0.700. The molecule has 2 aliphatic rings. The zero-order valence-corrected chi connectivity index (χ0v) is 18.1. The van der Waals surface area contributed by atoms with Gasteiger partial charge in [-0.2, -0.15) is 13.2 Å². The van der Waals surface area contributed by atoms with Crippen molar-refractivity contribution in [3.8, 4) is 11.3 Å². The Hall–Kier alpha value is -3.08. The van der Waals surface area contributed by atoms with Crippen LogP contribution < -0.4 is 5.32 Å². The minimum atomic E-state index is -4.15. The van der Waals surface area contributed by atoms with Gasteiger partial charge in [-0.3, -0.25) is 14.8 Å². The van der Waals surface area contributed by atoms with Crippen molar-refractivity contribution in [2.75, 3.05) is 25.0 Å². The molecule has 0 radical (unpaired) electrons. The fraction of sp³-hybridized carbons (Fsp3) is 0.500. The summed E-state index contributed by atoms with van der Waals surface area (Å²) in [6, 6.07) is 5.66. The Labute approximate surface area is 188 Å². The molecule has 5 rings (SSSR count). The second-order valence-corrected chi connectivity index (χ2v) is 9.06. The Morgan fingerprint density at radius 2 is 2.00 bits per heavy atom. The first kappa shape index (κ1) is 21.7. The van der Waals surface area contributed by atoms with Gasteiger partial charge in [0, 0.05) is 36.7 Å². The normalized spacial score (nSPS) is 19.0. The van der Waals surface area contributed by atoms with Gasteiger partial charge in [0.05, 0.1) is 17.1 Å². The quantitative estimate of drug-likeness (QED) is 0.629. The van der Waals surface area contributed by atoms with E-state index < -0.39 is 11.6 Å². The molecule has 1 aliphatic carbocycles. The monoisotopic (exact) mass is 459 g/mol. The summed E-state index contributed by atoms with van der Waals surface area (Å²) in [7, 11) is 1.79. The van der Waals surface area contributed by atoms with Crippen LogP contribution >= 0.6 is 0 Å². The summed E-state index contributed by atoms with van der Waals surface area (Å²) < 4.78 is 41.3. The van der Waals surface area contributed by atoms with Crippen LogP contribution in [0.3, 0.4) is 0 Å². The molecule has 1 N–H and O–H groups in total. The zero-order valence-electron chi connectivity index (χ0n) is 18.1. The average molecular weight is 459 g/mol. The molecule has 3 aromatic rings. The number of hydrogen-bond acceptors (Lipinski definition) is 6. The lowest BCUT2D eigenvalue weighted by Crippen LogP contribution is -2.44. The third kappa shape index (κ3) is 4.41. The summed E-state index contributed by atoms with van der Waals surface area (Å²) in [5.74, 6) is -0.260. The topological polar surface area (TPSA) is 88.8 Å². The number of carbonyl (C=O) groups is 1. The fourth-order valence-corrected chi connectivity index (χ4v) is 4.40. The van der Waals surface area contributed by atoms with Crippen LogP contribution in [0, 0.1) is 11.3 Å². The molecule has 1 saturated carbocycles. The number of piperidine rings is 1. The number of halogens is 3. The van der Waals surface area contributed by atoms with E-state index in [1.165, 1.54) is 0 Å². The number of nitrogens with zero attached hydrogens (tertiary/aromatic N) is 6. The molecule has 33 heavy (non-hydrogen) atoms. The molecule has 1 amide bonds. The molecule has 1 saturated heterocycles. The fourth-order valence-electron chi connectivity index (χ4n) is 4.40. The second kappa shape index (κ2) is 8.05. The molecular weight excluding hydrogens is 435 g/mol. The number of hydrogen-bond donors (Lipinski definition) is 1. The maximum absolute atomic E-state index is 13.2. The molecule has 11 heteroatoms. The van der Waals surface area contributed by atoms with Crippen LogP contribution in [0.25, 0.3) is 22.2 Å². The lowest BCUT2D eigenvalue weighted by Gasteiger charge is -2.34. The summed E-state index contributed by atoms with van der Waals surface area (Å²) in [6.07, 6.45) is 0.740. The second-order valence-electron chi connectivity index (χ2n) is 9.06. The number of anilines is 1. The minimum Gasteiger partial charge on any atom is -0.302 e. The van der Waals surface area contributed by atoms with Crippen LogP contribution in [0.4, 0.5) is 19.1 Å². The van der Waals surface area contributed by atoms with Crippen LogP contribution in [-0.2, 0) is 11.8 Å². The number of fused-ring (bicyclic) bond motifs is 1. The zero-order chi connectivity index (χ0) is 23.2. The van der Waals surface area contributed by atoms with Gasteiger partial charge >= 0.3 is 6.18 Å². The predicted octanol–water partition coefficient (Wildman–Crippen LogP) is 3.42. The van der Waals surface area contributed by atoms with Crippen molar-refractivity contribution in [3.63, 3.8) is 0 Å². The van der Waals surface area contributed by atoms with Crippen LogP contribution in [-0.4, -0.2) is 61.6 Å². The van der Waals surface area contributed by atoms with Crippen LogP contribution in [0.15, 0.2) is 30.6 Å². The largest absolute Gasteiger partial charge is 0.395 e. The number of likely N-dealkylation sites (tertiary alicyclic amines) is 1. The van der Waals surface area contributed by atoms with Gasteiger partial charge in [0.2, 0.25) is 11.9 Å². The molecule has 0 unspecified atom stereocenters. The standard InChI is InChI=1S/C22H24F3N7O/c1-31-12-18(29-30-31)15-2-3-16-11-26-20(27-17(16)10-15)28-19(33)14-4-8-32(9-5-14)13-21(6-7-21)22(23,24)25/h2-3,10-12,14H,4-9,13H2,1H3,(H,26,27,28,33). The Morgan fingerprint density at radius 1 is 1.24 bits per heavy atom. The van der Waals surface area contributed by atoms with E-state index in [0.29, 0.717) is 37.1 Å². The average Bonchev–Trinajstić information content (AvgIpc) is 3.45. The highest BCUT2D eigenvalue weighted by atomic mass is 19.4. The van der Waals surface area contributed by atoms with Crippen molar-refractivity contribution in [2.24, 2.45) is 18.4 Å². The van der Waals surface area contributed by atoms with Gasteiger partial charge in [0.1, 0.15) is 5.69 Å². The van der Waals surface area contributed by atoms with Crippen LogP contribution in [0.5, 0.6) is 0 Å². The molecule has 2 aromatic heterocycles. The lowest BCUT2D eigenvalue weighted by molar-refractivity contribution is -0.192. The number of alkyl halides is 3. The summed E-state index contributed by atoms with van der Waals surface area (Å²) in [4.78, 5) is 23.3. The van der Waals surface area contributed by atoms with E-state index in [-0.39, 0.29) is 37.2 Å². The Morgan fingerprint density at radius 3 is 2.64 bits per heavy atom. The maximum Gasteiger partial charge on any atom is 0.395 e. The van der Waals surface area contributed by atoms with E-state index in [1.807, 2.05) is 23.1 Å². The number of aromatic nitrogens is 5. The summed E-state index contributed by atoms with van der Waals surface area (Å²) in [5, 5.41) is 11.6. The highest BCUT2D eigenvalue weighted by Gasteiger charge is 2.63. The van der Waals surface area contributed by atoms with Crippen molar-refractivity contribution >= 4 is 22.8 Å². The first-order chi connectivity index (χ1) is 15.7. The molecule has 174 valence electrons. The van der Waals surface area contributed by atoms with Crippen molar-refractivity contribution in [1.29, 1.82) is 0 Å². The van der Waals surface area contributed by atoms with Gasteiger partial charge in [-0.15, -0.1) is 5.10 Å². The molecule has 2 fully saturated rings. The first-order valence-electron chi connectivity index (χ1n) is 11.0. The molecule has 1 aliphatic heterocycles. The Balaban J connectivity index is 1.21. The Kier molecular flexibility index (Phi) is 5.31.